The standard InChI is InChI=1S/C18H16N2O2/c1-12(14-5-3-2-4-6-14)20-17(21)16(18(20)22)15-9-7-13(11-19)8-10-15/h2-10,12,16-17,21H,1H3. The second kappa shape index (κ2) is 5.63. The number of hydrogen-bond donors (Lipinski definition) is 1. The Morgan fingerprint density at radius 3 is 2.32 bits per heavy atom. The summed E-state index contributed by atoms with van der Waals surface area (Å²) < 4.78 is 0. The minimum atomic E-state index is -0.837. The molecule has 1 fully saturated rings. The third kappa shape index (κ3) is 2.26. The van der Waals surface area contributed by atoms with Crippen LogP contribution in [0.15, 0.2) is 54.6 Å². The van der Waals surface area contributed by atoms with Crippen molar-refractivity contribution in [2.24, 2.45) is 0 Å². The van der Waals surface area contributed by atoms with Gasteiger partial charge in [0.05, 0.1) is 17.7 Å². The van der Waals surface area contributed by atoms with Gasteiger partial charge in [-0.05, 0) is 30.2 Å². The van der Waals surface area contributed by atoms with Crippen molar-refractivity contribution in [3.05, 3.63) is 71.3 Å². The number of amides is 1. The summed E-state index contributed by atoms with van der Waals surface area (Å²) in [4.78, 5) is 13.9. The van der Waals surface area contributed by atoms with E-state index < -0.39 is 12.1 Å². The number of nitrogens with zero attached hydrogens (tertiary/aromatic N) is 2. The average Bonchev–Trinajstić information content (AvgIpc) is 2.56. The largest absolute Gasteiger partial charge is 0.372 e. The Hall–Kier alpha value is -2.64. The number of benzene rings is 2. The molecule has 0 saturated carbocycles. The number of likely N-dealkylation sites (tertiary alicyclic amines) is 1. The molecule has 1 aliphatic heterocycles. The van der Waals surface area contributed by atoms with E-state index in [0.29, 0.717) is 5.56 Å². The number of nitriles is 1. The van der Waals surface area contributed by atoms with Gasteiger partial charge in [0.1, 0.15) is 12.1 Å². The van der Waals surface area contributed by atoms with Gasteiger partial charge in [-0.1, -0.05) is 42.5 Å². The van der Waals surface area contributed by atoms with Crippen molar-refractivity contribution >= 4 is 5.91 Å². The third-order valence-electron chi connectivity index (χ3n) is 4.20. The zero-order chi connectivity index (χ0) is 15.7. The van der Waals surface area contributed by atoms with Crippen LogP contribution in [0.3, 0.4) is 0 Å². The van der Waals surface area contributed by atoms with Crippen LogP contribution in [0, 0.1) is 11.3 Å². The maximum atomic E-state index is 12.4. The van der Waals surface area contributed by atoms with Gasteiger partial charge in [0.25, 0.3) is 0 Å². The van der Waals surface area contributed by atoms with Gasteiger partial charge in [0, 0.05) is 0 Å². The third-order valence-corrected chi connectivity index (χ3v) is 4.20. The molecule has 3 unspecified atom stereocenters. The SMILES string of the molecule is CC(c1ccccc1)N1C(=O)C(c2ccc(C#N)cc2)C1O. The molecule has 0 radical (unpaired) electrons. The summed E-state index contributed by atoms with van der Waals surface area (Å²) in [6.07, 6.45) is -0.837. The summed E-state index contributed by atoms with van der Waals surface area (Å²) in [7, 11) is 0. The van der Waals surface area contributed by atoms with Crippen molar-refractivity contribution < 1.29 is 9.90 Å². The van der Waals surface area contributed by atoms with Crippen molar-refractivity contribution in [3.8, 4) is 6.07 Å². The Balaban J connectivity index is 1.79. The Labute approximate surface area is 129 Å². The van der Waals surface area contributed by atoms with Crippen LogP contribution in [0.5, 0.6) is 0 Å². The van der Waals surface area contributed by atoms with Crippen LogP contribution in [-0.2, 0) is 4.79 Å². The molecule has 1 aliphatic rings. The summed E-state index contributed by atoms with van der Waals surface area (Å²) in [5, 5.41) is 19.2. The Morgan fingerprint density at radius 2 is 1.77 bits per heavy atom. The average molecular weight is 292 g/mol. The predicted octanol–water partition coefficient (Wildman–Crippen LogP) is 2.56. The van der Waals surface area contributed by atoms with E-state index in [1.807, 2.05) is 43.3 Å². The van der Waals surface area contributed by atoms with E-state index in [1.165, 1.54) is 4.90 Å². The molecular weight excluding hydrogens is 276 g/mol. The molecule has 0 aliphatic carbocycles. The van der Waals surface area contributed by atoms with Crippen LogP contribution in [0.25, 0.3) is 0 Å². The van der Waals surface area contributed by atoms with Crippen LogP contribution < -0.4 is 0 Å². The lowest BCUT2D eigenvalue weighted by atomic mass is 9.85. The highest BCUT2D eigenvalue weighted by molar-refractivity contribution is 5.90. The van der Waals surface area contributed by atoms with E-state index in [0.717, 1.165) is 11.1 Å². The van der Waals surface area contributed by atoms with Gasteiger partial charge in [0.2, 0.25) is 5.91 Å². The fourth-order valence-electron chi connectivity index (χ4n) is 2.89. The summed E-state index contributed by atoms with van der Waals surface area (Å²) >= 11 is 0. The number of hydrogen-bond acceptors (Lipinski definition) is 3. The quantitative estimate of drug-likeness (QED) is 0.884. The molecule has 3 atom stereocenters. The highest BCUT2D eigenvalue weighted by Crippen LogP contribution is 2.40. The van der Waals surface area contributed by atoms with E-state index in [1.54, 1.807) is 24.3 Å². The highest BCUT2D eigenvalue weighted by atomic mass is 16.3. The van der Waals surface area contributed by atoms with E-state index in [2.05, 4.69) is 0 Å². The zero-order valence-corrected chi connectivity index (χ0v) is 12.2. The van der Waals surface area contributed by atoms with Gasteiger partial charge in [-0.15, -0.1) is 0 Å². The van der Waals surface area contributed by atoms with E-state index >= 15 is 0 Å². The van der Waals surface area contributed by atoms with E-state index in [9.17, 15) is 9.90 Å². The van der Waals surface area contributed by atoms with Crippen LogP contribution in [0.4, 0.5) is 0 Å². The predicted molar refractivity (Wildman–Crippen MR) is 81.6 cm³/mol. The van der Waals surface area contributed by atoms with Crippen LogP contribution >= 0.6 is 0 Å². The highest BCUT2D eigenvalue weighted by Gasteiger charge is 2.49. The number of aliphatic hydroxyl groups is 1. The zero-order valence-electron chi connectivity index (χ0n) is 12.2. The van der Waals surface area contributed by atoms with Crippen molar-refractivity contribution in [1.29, 1.82) is 5.26 Å². The van der Waals surface area contributed by atoms with Gasteiger partial charge in [-0.3, -0.25) is 4.79 Å². The lowest BCUT2D eigenvalue weighted by Crippen LogP contribution is -2.59. The second-order valence-corrected chi connectivity index (χ2v) is 5.46. The summed E-state index contributed by atoms with van der Waals surface area (Å²) in [6.45, 7) is 1.91. The summed E-state index contributed by atoms with van der Waals surface area (Å²) in [5.41, 5.74) is 2.28. The fraction of sp³-hybridized carbons (Fsp3) is 0.222. The Bertz CT molecular complexity index is 719. The molecule has 110 valence electrons. The van der Waals surface area contributed by atoms with Crippen molar-refractivity contribution in [3.63, 3.8) is 0 Å². The summed E-state index contributed by atoms with van der Waals surface area (Å²) in [5.74, 6) is -0.632. The number of carbonyl (C=O) groups excluding carboxylic acids is 1. The van der Waals surface area contributed by atoms with Gasteiger partial charge >= 0.3 is 0 Å². The first-order valence-corrected chi connectivity index (χ1v) is 7.18. The smallest absolute Gasteiger partial charge is 0.237 e. The van der Waals surface area contributed by atoms with Crippen molar-refractivity contribution in [2.45, 2.75) is 25.1 Å². The lowest BCUT2D eigenvalue weighted by Gasteiger charge is -2.47. The molecule has 1 N–H and O–H groups in total. The van der Waals surface area contributed by atoms with Crippen LogP contribution in [0.1, 0.15) is 35.6 Å². The molecule has 22 heavy (non-hydrogen) atoms. The monoisotopic (exact) mass is 292 g/mol. The minimum Gasteiger partial charge on any atom is -0.372 e. The van der Waals surface area contributed by atoms with Gasteiger partial charge in [0.15, 0.2) is 0 Å². The first-order chi connectivity index (χ1) is 10.6. The Morgan fingerprint density at radius 1 is 1.14 bits per heavy atom. The molecular formula is C18H16N2O2. The lowest BCUT2D eigenvalue weighted by molar-refractivity contribution is -0.177. The Kier molecular flexibility index (Phi) is 3.66. The van der Waals surface area contributed by atoms with Crippen molar-refractivity contribution in [1.82, 2.24) is 4.90 Å². The molecule has 1 saturated heterocycles. The van der Waals surface area contributed by atoms with Gasteiger partial charge in [-0.25, -0.2) is 0 Å². The van der Waals surface area contributed by atoms with E-state index in [4.69, 9.17) is 5.26 Å². The first-order valence-electron chi connectivity index (χ1n) is 7.18. The molecule has 1 heterocycles. The second-order valence-electron chi connectivity index (χ2n) is 5.46. The number of aliphatic hydroxyl groups excluding tert-OH is 1. The molecule has 3 rings (SSSR count). The minimum absolute atomic E-state index is 0.0893. The van der Waals surface area contributed by atoms with Gasteiger partial charge < -0.3 is 10.0 Å². The molecule has 0 bridgehead atoms. The first kappa shape index (κ1) is 14.3. The maximum absolute atomic E-state index is 12.4. The van der Waals surface area contributed by atoms with Crippen molar-refractivity contribution in [2.75, 3.05) is 0 Å². The summed E-state index contributed by atoms with van der Waals surface area (Å²) in [6, 6.07) is 18.3. The van der Waals surface area contributed by atoms with Gasteiger partial charge in [-0.2, -0.15) is 5.26 Å². The molecule has 4 nitrogen and oxygen atoms in total. The maximum Gasteiger partial charge on any atom is 0.237 e. The van der Waals surface area contributed by atoms with Crippen LogP contribution in [-0.4, -0.2) is 22.1 Å². The molecule has 0 spiro atoms. The molecule has 2 aromatic carbocycles. The molecule has 2 aromatic rings. The fourth-order valence-corrected chi connectivity index (χ4v) is 2.89. The number of rotatable bonds is 3. The number of carbonyl (C=O) groups is 1. The van der Waals surface area contributed by atoms with E-state index in [-0.39, 0.29) is 11.9 Å². The molecule has 0 aromatic heterocycles. The number of β-lactam (4-membered cyclic amide) rings is 1. The topological polar surface area (TPSA) is 64.3 Å². The molecule has 4 heteroatoms. The van der Waals surface area contributed by atoms with Crippen LogP contribution in [0.2, 0.25) is 0 Å². The normalized spacial score (nSPS) is 21.9. The molecule has 1 amide bonds.